The minimum atomic E-state index is -2.01. The molecule has 0 spiro atoms. The molecule has 0 aliphatic carbocycles. The Kier molecular flexibility index (Phi) is 13.9. The molecule has 0 radical (unpaired) electrons. The Morgan fingerprint density at radius 2 is 1.53 bits per heavy atom. The van der Waals surface area contributed by atoms with Crippen molar-refractivity contribution in [1.82, 2.24) is 4.57 Å². The monoisotopic (exact) mass is 626 g/mol. The molecule has 0 fully saturated rings. The summed E-state index contributed by atoms with van der Waals surface area (Å²) in [6.45, 7) is 3.44. The molecule has 0 N–H and O–H groups in total. The summed E-state index contributed by atoms with van der Waals surface area (Å²) in [5.74, 6) is 0. The van der Waals surface area contributed by atoms with Crippen molar-refractivity contribution in [2.45, 2.75) is 52.0 Å². The zero-order valence-electron chi connectivity index (χ0n) is 11.7. The summed E-state index contributed by atoms with van der Waals surface area (Å²) in [6.07, 6.45) is 14.6. The van der Waals surface area contributed by atoms with E-state index in [1.807, 2.05) is 0 Å². The van der Waals surface area contributed by atoms with Crippen LogP contribution in [0.3, 0.4) is 0 Å². The Bertz CT molecular complexity index is 320. The molecule has 19 heavy (non-hydrogen) atoms. The molecule has 0 saturated carbocycles. The van der Waals surface area contributed by atoms with Crippen LogP contribution in [0, 0.1) is 0 Å². The van der Waals surface area contributed by atoms with E-state index in [0.717, 1.165) is 0 Å². The van der Waals surface area contributed by atoms with Gasteiger partial charge >= 0.3 is 59.8 Å². The van der Waals surface area contributed by atoms with Crippen molar-refractivity contribution in [2.75, 3.05) is 0 Å². The molecule has 0 bridgehead atoms. The molecule has 0 saturated heterocycles. The quantitative estimate of drug-likeness (QED) is 0.272. The fraction of sp³-hybridized carbons (Fsp3) is 0.750. The van der Waals surface area contributed by atoms with Gasteiger partial charge in [0, 0.05) is 0 Å². The van der Waals surface area contributed by atoms with Crippen molar-refractivity contribution in [3.8, 4) is 0 Å². The first-order chi connectivity index (χ1) is 8.83. The van der Waals surface area contributed by atoms with Gasteiger partial charge in [-0.05, 0) is 12.8 Å². The van der Waals surface area contributed by atoms with E-state index in [9.17, 15) is 0 Å². The van der Waals surface area contributed by atoms with Crippen LogP contribution in [-0.4, -0.2) is 15.2 Å². The number of hydrogen-bond acceptors (Lipinski definition) is 0. The number of rotatable bonds is 7. The van der Waals surface area contributed by atoms with Gasteiger partial charge in [-0.3, -0.25) is 0 Å². The van der Waals surface area contributed by atoms with Crippen LogP contribution in [0.5, 0.6) is 0 Å². The van der Waals surface area contributed by atoms with Crippen LogP contribution < -0.4 is 4.57 Å². The van der Waals surface area contributed by atoms with Crippen LogP contribution in [-0.2, 0) is 13.6 Å². The topological polar surface area (TPSA) is 8.81 Å². The van der Waals surface area contributed by atoms with Crippen molar-refractivity contribution >= 4 is 59.8 Å². The molecule has 2 nitrogen and oxygen atoms in total. The molecular weight excluding hydrogens is 607 g/mol. The summed E-state index contributed by atoms with van der Waals surface area (Å²) < 4.78 is 4.36. The van der Waals surface area contributed by atoms with Gasteiger partial charge in [0.2, 0.25) is 6.33 Å². The molecule has 1 rings (SSSR count). The molecule has 112 valence electrons. The van der Waals surface area contributed by atoms with Gasteiger partial charge in [-0.2, -0.15) is 0 Å². The van der Waals surface area contributed by atoms with Crippen LogP contribution in [0.2, 0.25) is 0 Å². The Morgan fingerprint density at radius 1 is 1.00 bits per heavy atom. The molecule has 0 amide bonds. The van der Waals surface area contributed by atoms with Crippen molar-refractivity contribution in [3.05, 3.63) is 18.7 Å². The van der Waals surface area contributed by atoms with Gasteiger partial charge in [0.15, 0.2) is 0 Å². The standard InChI is InChI=1S/C12H23N2.4BrH.In/c1-3-4-5-6-7-8-9-14-11-10-13(2)12-14;;;;;/h10-12H,3-9H2,1-2H3;4*1H;/q+1;;;;;+3/p-4. The fourth-order valence-corrected chi connectivity index (χ4v) is 1.71. The van der Waals surface area contributed by atoms with Crippen LogP contribution in [0.1, 0.15) is 45.4 Å². The molecule has 0 atom stereocenters. The predicted molar refractivity (Wildman–Crippen MR) is 100 cm³/mol. The molecule has 0 aromatic carbocycles. The van der Waals surface area contributed by atoms with E-state index >= 15 is 0 Å². The summed E-state index contributed by atoms with van der Waals surface area (Å²) in [5, 5.41) is 0. The molecule has 7 heteroatoms. The van der Waals surface area contributed by atoms with Crippen LogP contribution in [0.25, 0.3) is 0 Å². The second-order valence-electron chi connectivity index (χ2n) is 4.58. The van der Waals surface area contributed by atoms with E-state index in [-0.39, 0.29) is 0 Å². The first-order valence-electron chi connectivity index (χ1n) is 6.71. The number of unbranched alkanes of at least 4 members (excludes halogenated alkanes) is 5. The zero-order valence-corrected chi connectivity index (χ0v) is 21.3. The number of halogens is 4. The summed E-state index contributed by atoms with van der Waals surface area (Å²) in [4.78, 5) is 0. The molecule has 1 aromatic heterocycles. The van der Waals surface area contributed by atoms with Gasteiger partial charge in [-0.1, -0.05) is 32.6 Å². The Hall–Kier alpha value is 2.00. The first kappa shape index (κ1) is 21.0. The normalized spacial score (nSPS) is 11.1. The van der Waals surface area contributed by atoms with E-state index in [1.54, 1.807) is 0 Å². The van der Waals surface area contributed by atoms with E-state index in [4.69, 9.17) is 0 Å². The second-order valence-corrected chi connectivity index (χ2v) is 93.7. The average Bonchev–Trinajstić information content (AvgIpc) is 2.67. The summed E-state index contributed by atoms with van der Waals surface area (Å²) in [6, 6.07) is 0. The van der Waals surface area contributed by atoms with E-state index in [0.29, 0.717) is 0 Å². The fourth-order valence-electron chi connectivity index (χ4n) is 1.71. The van der Waals surface area contributed by atoms with Gasteiger partial charge in [0.1, 0.15) is 12.4 Å². The van der Waals surface area contributed by atoms with Gasteiger partial charge in [0.25, 0.3) is 0 Å². The number of nitrogens with zero attached hydrogens (tertiary/aromatic N) is 2. The number of aromatic nitrogens is 2. The van der Waals surface area contributed by atoms with Crippen molar-refractivity contribution < 1.29 is 4.57 Å². The Labute approximate surface area is 145 Å². The van der Waals surface area contributed by atoms with Crippen molar-refractivity contribution in [1.29, 1.82) is 0 Å². The minimum absolute atomic E-state index is 1.17. The SMILES string of the molecule is CCCCCCCCn1cc[n+](C)c1.[Br][In-]([Br])([Br])[Br]. The summed E-state index contributed by atoms with van der Waals surface area (Å²) in [7, 11) is 0.0572. The third kappa shape index (κ3) is 18.0. The Morgan fingerprint density at radius 3 is 2.00 bits per heavy atom. The number of imidazole rings is 1. The van der Waals surface area contributed by atoms with E-state index in [2.05, 4.69) is 91.0 Å². The first-order valence-corrected chi connectivity index (χ1v) is 36.3. The third-order valence-electron chi connectivity index (χ3n) is 2.59. The maximum absolute atomic E-state index is 3.34. The van der Waals surface area contributed by atoms with Crippen molar-refractivity contribution in [2.24, 2.45) is 7.05 Å². The third-order valence-corrected chi connectivity index (χ3v) is 2.59. The maximum atomic E-state index is 3.34. The molecule has 1 aromatic rings. The van der Waals surface area contributed by atoms with Gasteiger partial charge in [0.05, 0.1) is 13.6 Å². The van der Waals surface area contributed by atoms with Gasteiger partial charge in [-0.15, -0.1) is 0 Å². The molecule has 0 unspecified atom stereocenters. The molecule has 1 heterocycles. The Balaban J connectivity index is 0.000000555. The summed E-state index contributed by atoms with van der Waals surface area (Å²) >= 11 is 13.4. The van der Waals surface area contributed by atoms with Gasteiger partial charge < -0.3 is 0 Å². The van der Waals surface area contributed by atoms with E-state index < -0.39 is 10.7 Å². The van der Waals surface area contributed by atoms with E-state index in [1.165, 1.54) is 45.1 Å². The number of aryl methyl sites for hydroxylation is 2. The average molecular weight is 630 g/mol. The van der Waals surface area contributed by atoms with Crippen LogP contribution in [0.4, 0.5) is 0 Å². The number of hydrogen-bond donors (Lipinski definition) is 0. The predicted octanol–water partition coefficient (Wildman–Crippen LogP) is 5.67. The van der Waals surface area contributed by atoms with Crippen LogP contribution >= 0.6 is 49.2 Å². The molecule has 0 aliphatic heterocycles. The molecular formula is C12H23Br4InN2. The van der Waals surface area contributed by atoms with Crippen molar-refractivity contribution in [3.63, 3.8) is 0 Å². The van der Waals surface area contributed by atoms with Crippen LogP contribution in [0.15, 0.2) is 18.7 Å². The summed E-state index contributed by atoms with van der Waals surface area (Å²) in [5.41, 5.74) is 0. The van der Waals surface area contributed by atoms with Gasteiger partial charge in [-0.25, -0.2) is 9.13 Å². The zero-order chi connectivity index (χ0) is 14.7. The molecule has 0 aliphatic rings. The second kappa shape index (κ2) is 12.5.